The molecule has 1 aromatic rings. The molecule has 17 heavy (non-hydrogen) atoms. The van der Waals surface area contributed by atoms with Gasteiger partial charge in [0.25, 0.3) is 0 Å². The fourth-order valence-corrected chi connectivity index (χ4v) is 2.77. The fourth-order valence-electron chi connectivity index (χ4n) is 2.56. The number of hydrogen-bond donors (Lipinski definition) is 1. The van der Waals surface area contributed by atoms with Crippen molar-refractivity contribution in [2.75, 3.05) is 13.1 Å². The summed E-state index contributed by atoms with van der Waals surface area (Å²) in [4.78, 5) is 11.7. The van der Waals surface area contributed by atoms with Gasteiger partial charge in [-0.1, -0.05) is 23.7 Å². The molecule has 1 aliphatic rings. The van der Waals surface area contributed by atoms with Gasteiger partial charge in [0.1, 0.15) is 6.54 Å². The van der Waals surface area contributed by atoms with E-state index in [1.165, 1.54) is 6.42 Å². The number of benzene rings is 1. The van der Waals surface area contributed by atoms with Crippen molar-refractivity contribution in [3.8, 4) is 0 Å². The smallest absolute Gasteiger partial charge is 0.319 e. The van der Waals surface area contributed by atoms with Crippen LogP contribution in [-0.2, 0) is 6.54 Å². The lowest BCUT2D eigenvalue weighted by Gasteiger charge is -2.37. The minimum Gasteiger partial charge on any atom is -0.319 e. The summed E-state index contributed by atoms with van der Waals surface area (Å²) in [6, 6.07) is 7.46. The third-order valence-corrected chi connectivity index (χ3v) is 3.75. The first kappa shape index (κ1) is 12.4. The van der Waals surface area contributed by atoms with Crippen molar-refractivity contribution in [3.05, 3.63) is 34.9 Å². The standard InChI is InChI=1S/C13H17ClN2O/c14-12-6-4-5-11(9-12)10-16(13(15)17)7-2-1-3-8-16/h4-6,9H,1-3,7-8,10H2,(H-,15,17)/p+1. The van der Waals surface area contributed by atoms with Gasteiger partial charge < -0.3 is 5.73 Å². The van der Waals surface area contributed by atoms with Crippen LogP contribution in [0.1, 0.15) is 24.8 Å². The van der Waals surface area contributed by atoms with Crippen molar-refractivity contribution in [2.24, 2.45) is 5.73 Å². The normalized spacial score (nSPS) is 18.9. The van der Waals surface area contributed by atoms with Crippen molar-refractivity contribution >= 4 is 17.6 Å². The molecule has 0 aromatic heterocycles. The predicted molar refractivity (Wildman–Crippen MR) is 68.6 cm³/mol. The maximum atomic E-state index is 11.7. The number of quaternary nitrogens is 1. The van der Waals surface area contributed by atoms with E-state index in [1.54, 1.807) is 0 Å². The zero-order valence-electron chi connectivity index (χ0n) is 9.86. The number of likely N-dealkylation sites (tertiary alicyclic amines) is 1. The Bertz CT molecular complexity index is 414. The minimum absolute atomic E-state index is 0.218. The van der Waals surface area contributed by atoms with Crippen LogP contribution in [0.4, 0.5) is 4.79 Å². The van der Waals surface area contributed by atoms with E-state index in [0.717, 1.165) is 31.5 Å². The molecule has 0 aliphatic carbocycles. The molecule has 1 aliphatic heterocycles. The van der Waals surface area contributed by atoms with Gasteiger partial charge in [-0.15, -0.1) is 0 Å². The molecule has 0 unspecified atom stereocenters. The highest BCUT2D eigenvalue weighted by atomic mass is 35.5. The Hall–Kier alpha value is -1.06. The van der Waals surface area contributed by atoms with Gasteiger partial charge >= 0.3 is 6.03 Å². The molecule has 92 valence electrons. The maximum Gasteiger partial charge on any atom is 0.414 e. The second-order valence-corrected chi connectivity index (χ2v) is 5.22. The van der Waals surface area contributed by atoms with Crippen molar-refractivity contribution in [2.45, 2.75) is 25.8 Å². The number of primary amides is 1. The van der Waals surface area contributed by atoms with E-state index < -0.39 is 0 Å². The van der Waals surface area contributed by atoms with Gasteiger partial charge in [-0.3, -0.25) is 0 Å². The molecule has 0 atom stereocenters. The molecule has 2 rings (SSSR count). The predicted octanol–water partition coefficient (Wildman–Crippen LogP) is 2.92. The first-order chi connectivity index (χ1) is 8.12. The van der Waals surface area contributed by atoms with Crippen LogP contribution >= 0.6 is 11.6 Å². The molecule has 4 heteroatoms. The van der Waals surface area contributed by atoms with Crippen LogP contribution in [0.25, 0.3) is 0 Å². The Labute approximate surface area is 107 Å². The Morgan fingerprint density at radius 2 is 2.00 bits per heavy atom. The average molecular weight is 254 g/mol. The second kappa shape index (κ2) is 5.07. The quantitative estimate of drug-likeness (QED) is 0.810. The minimum atomic E-state index is -0.218. The van der Waals surface area contributed by atoms with Crippen LogP contribution in [-0.4, -0.2) is 23.6 Å². The Morgan fingerprint density at radius 3 is 2.59 bits per heavy atom. The van der Waals surface area contributed by atoms with E-state index in [-0.39, 0.29) is 6.03 Å². The van der Waals surface area contributed by atoms with Crippen LogP contribution in [0, 0.1) is 0 Å². The highest BCUT2D eigenvalue weighted by molar-refractivity contribution is 6.30. The second-order valence-electron chi connectivity index (χ2n) is 4.78. The lowest BCUT2D eigenvalue weighted by atomic mass is 10.1. The Morgan fingerprint density at radius 1 is 1.29 bits per heavy atom. The number of halogens is 1. The third-order valence-electron chi connectivity index (χ3n) is 3.51. The van der Waals surface area contributed by atoms with E-state index in [2.05, 4.69) is 0 Å². The van der Waals surface area contributed by atoms with Crippen molar-refractivity contribution in [1.82, 2.24) is 0 Å². The summed E-state index contributed by atoms with van der Waals surface area (Å²) in [7, 11) is 0. The molecule has 0 bridgehead atoms. The summed E-state index contributed by atoms with van der Waals surface area (Å²) in [5.41, 5.74) is 6.67. The number of hydrogen-bond acceptors (Lipinski definition) is 1. The van der Waals surface area contributed by atoms with E-state index >= 15 is 0 Å². The first-order valence-corrected chi connectivity index (χ1v) is 6.41. The molecular weight excluding hydrogens is 236 g/mol. The summed E-state index contributed by atoms with van der Waals surface area (Å²) >= 11 is 5.96. The summed E-state index contributed by atoms with van der Waals surface area (Å²) < 4.78 is 0.375. The topological polar surface area (TPSA) is 43.1 Å². The van der Waals surface area contributed by atoms with Gasteiger partial charge in [-0.2, -0.15) is 0 Å². The van der Waals surface area contributed by atoms with Crippen LogP contribution < -0.4 is 5.73 Å². The molecule has 1 fully saturated rings. The number of nitrogens with two attached hydrogens (primary N) is 1. The van der Waals surface area contributed by atoms with Gasteiger partial charge in [0.2, 0.25) is 0 Å². The lowest BCUT2D eigenvalue weighted by Crippen LogP contribution is -2.57. The van der Waals surface area contributed by atoms with E-state index in [4.69, 9.17) is 17.3 Å². The zero-order chi connectivity index (χ0) is 12.3. The Balaban J connectivity index is 2.20. The van der Waals surface area contributed by atoms with Crippen molar-refractivity contribution < 1.29 is 9.28 Å². The molecule has 2 N–H and O–H groups in total. The maximum absolute atomic E-state index is 11.7. The number of urea groups is 1. The largest absolute Gasteiger partial charge is 0.414 e. The molecule has 2 amide bonds. The summed E-state index contributed by atoms with van der Waals surface area (Å²) in [5.74, 6) is 0. The summed E-state index contributed by atoms with van der Waals surface area (Å²) in [6.07, 6.45) is 3.34. The SMILES string of the molecule is NC(=O)[N+]1(Cc2cccc(Cl)c2)CCCCC1. The van der Waals surface area contributed by atoms with Crippen LogP contribution in [0.15, 0.2) is 24.3 Å². The molecule has 1 aromatic carbocycles. The number of nitrogens with zero attached hydrogens (tertiary/aromatic N) is 1. The van der Waals surface area contributed by atoms with E-state index in [1.807, 2.05) is 24.3 Å². The van der Waals surface area contributed by atoms with Crippen LogP contribution in [0.2, 0.25) is 5.02 Å². The number of amides is 2. The molecule has 0 spiro atoms. The Kier molecular flexibility index (Phi) is 3.69. The van der Waals surface area contributed by atoms with Gasteiger partial charge in [0.15, 0.2) is 0 Å². The van der Waals surface area contributed by atoms with Gasteiger partial charge in [-0.25, -0.2) is 9.28 Å². The highest BCUT2D eigenvalue weighted by Crippen LogP contribution is 2.23. The number of piperidine rings is 1. The first-order valence-electron chi connectivity index (χ1n) is 6.03. The molecule has 1 heterocycles. The lowest BCUT2D eigenvalue weighted by molar-refractivity contribution is -0.867. The third kappa shape index (κ3) is 2.79. The van der Waals surface area contributed by atoms with Gasteiger partial charge in [0.05, 0.1) is 13.1 Å². The molecule has 3 nitrogen and oxygen atoms in total. The molecule has 0 saturated carbocycles. The summed E-state index contributed by atoms with van der Waals surface area (Å²) in [6.45, 7) is 2.36. The molecule has 1 saturated heterocycles. The monoisotopic (exact) mass is 253 g/mol. The van der Waals surface area contributed by atoms with Crippen LogP contribution in [0.5, 0.6) is 0 Å². The zero-order valence-corrected chi connectivity index (χ0v) is 10.6. The van der Waals surface area contributed by atoms with E-state index in [9.17, 15) is 4.79 Å². The van der Waals surface area contributed by atoms with Crippen molar-refractivity contribution in [3.63, 3.8) is 0 Å². The molecule has 0 radical (unpaired) electrons. The molecular formula is C13H18ClN2O+. The highest BCUT2D eigenvalue weighted by Gasteiger charge is 2.36. The average Bonchev–Trinajstić information content (AvgIpc) is 2.30. The number of carbonyl (C=O) groups is 1. The van der Waals surface area contributed by atoms with E-state index in [0.29, 0.717) is 16.1 Å². The number of carbonyl (C=O) groups excluding carboxylic acids is 1. The van der Waals surface area contributed by atoms with Crippen molar-refractivity contribution in [1.29, 1.82) is 0 Å². The fraction of sp³-hybridized carbons (Fsp3) is 0.462. The number of rotatable bonds is 2. The van der Waals surface area contributed by atoms with Crippen LogP contribution in [0.3, 0.4) is 0 Å². The van der Waals surface area contributed by atoms with Gasteiger partial charge in [-0.05, 0) is 31.4 Å². The summed E-state index contributed by atoms with van der Waals surface area (Å²) in [5, 5.41) is 0.710. The van der Waals surface area contributed by atoms with Gasteiger partial charge in [0, 0.05) is 10.6 Å².